The number of nitrogens with one attached hydrogen (secondary N) is 1. The van der Waals surface area contributed by atoms with Crippen molar-refractivity contribution in [2.24, 2.45) is 0 Å². The molecule has 1 saturated heterocycles. The number of hydrogen-bond donors (Lipinski definition) is 1. The van der Waals surface area contributed by atoms with E-state index in [2.05, 4.69) is 0 Å². The van der Waals surface area contributed by atoms with Crippen LogP contribution in [0, 0.1) is 0 Å². The summed E-state index contributed by atoms with van der Waals surface area (Å²) in [4.78, 5) is 25.4. The number of carbonyl (C=O) groups excluding carboxylic acids is 2. The SMILES string of the molecule is CCc1ccc(OCC(=O)N2CCCC2C(=O)NCC(F)(F)F)cc1. The minimum Gasteiger partial charge on any atom is -0.484 e. The van der Waals surface area contributed by atoms with Crippen molar-refractivity contribution in [3.05, 3.63) is 29.8 Å². The van der Waals surface area contributed by atoms with Gasteiger partial charge in [0.1, 0.15) is 18.3 Å². The maximum atomic E-state index is 12.3. The predicted molar refractivity (Wildman–Crippen MR) is 85.1 cm³/mol. The number of carbonyl (C=O) groups is 2. The number of aryl methyl sites for hydroxylation is 1. The van der Waals surface area contributed by atoms with Crippen LogP contribution in [-0.4, -0.2) is 48.6 Å². The Bertz CT molecular complexity index is 602. The Morgan fingerprint density at radius 2 is 1.96 bits per heavy atom. The van der Waals surface area contributed by atoms with Crippen LogP contribution in [0.25, 0.3) is 0 Å². The van der Waals surface area contributed by atoms with Crippen LogP contribution in [0.4, 0.5) is 13.2 Å². The molecule has 0 spiro atoms. The van der Waals surface area contributed by atoms with E-state index in [0.29, 0.717) is 25.1 Å². The summed E-state index contributed by atoms with van der Waals surface area (Å²) >= 11 is 0. The molecule has 1 atom stereocenters. The summed E-state index contributed by atoms with van der Waals surface area (Å²) in [5, 5.41) is 1.84. The van der Waals surface area contributed by atoms with Crippen molar-refractivity contribution in [3.63, 3.8) is 0 Å². The first kappa shape index (κ1) is 19.1. The van der Waals surface area contributed by atoms with Crippen LogP contribution < -0.4 is 10.1 Å². The highest BCUT2D eigenvalue weighted by Crippen LogP contribution is 2.19. The van der Waals surface area contributed by atoms with E-state index < -0.39 is 30.6 Å². The number of amides is 2. The number of halogens is 3. The van der Waals surface area contributed by atoms with Gasteiger partial charge in [-0.3, -0.25) is 9.59 Å². The highest BCUT2D eigenvalue weighted by Gasteiger charge is 2.36. The largest absolute Gasteiger partial charge is 0.484 e. The third kappa shape index (κ3) is 5.65. The third-order valence-corrected chi connectivity index (χ3v) is 4.03. The molecule has 0 bridgehead atoms. The fraction of sp³-hybridized carbons (Fsp3) is 0.529. The quantitative estimate of drug-likeness (QED) is 0.849. The maximum Gasteiger partial charge on any atom is 0.405 e. The fourth-order valence-electron chi connectivity index (χ4n) is 2.69. The summed E-state index contributed by atoms with van der Waals surface area (Å²) in [5.41, 5.74) is 1.14. The molecule has 0 aliphatic carbocycles. The zero-order chi connectivity index (χ0) is 18.4. The van der Waals surface area contributed by atoms with Crippen LogP contribution in [0.2, 0.25) is 0 Å². The van der Waals surface area contributed by atoms with Gasteiger partial charge in [0, 0.05) is 6.54 Å². The van der Waals surface area contributed by atoms with Gasteiger partial charge in [-0.05, 0) is 37.0 Å². The van der Waals surface area contributed by atoms with E-state index in [0.717, 1.165) is 12.0 Å². The Labute approximate surface area is 144 Å². The van der Waals surface area contributed by atoms with E-state index in [1.54, 1.807) is 12.1 Å². The average Bonchev–Trinajstić information content (AvgIpc) is 3.07. The van der Waals surface area contributed by atoms with Gasteiger partial charge in [0.2, 0.25) is 5.91 Å². The number of rotatable bonds is 6. The molecule has 1 N–H and O–H groups in total. The Morgan fingerprint density at radius 3 is 2.56 bits per heavy atom. The first-order valence-electron chi connectivity index (χ1n) is 8.16. The number of alkyl halides is 3. The van der Waals surface area contributed by atoms with Gasteiger partial charge >= 0.3 is 6.18 Å². The number of ether oxygens (including phenoxy) is 1. The van der Waals surface area contributed by atoms with Crippen molar-refractivity contribution in [1.29, 1.82) is 0 Å². The first-order valence-corrected chi connectivity index (χ1v) is 8.16. The minimum atomic E-state index is -4.48. The Kier molecular flexibility index (Phi) is 6.27. The van der Waals surface area contributed by atoms with Gasteiger partial charge in [0.15, 0.2) is 6.61 Å². The summed E-state index contributed by atoms with van der Waals surface area (Å²) in [5.74, 6) is -0.664. The lowest BCUT2D eigenvalue weighted by Crippen LogP contribution is -2.49. The van der Waals surface area contributed by atoms with E-state index in [9.17, 15) is 22.8 Å². The second-order valence-electron chi connectivity index (χ2n) is 5.86. The van der Waals surface area contributed by atoms with Crippen LogP contribution in [0.3, 0.4) is 0 Å². The molecule has 1 heterocycles. The van der Waals surface area contributed by atoms with Crippen LogP contribution in [0.15, 0.2) is 24.3 Å². The minimum absolute atomic E-state index is 0.255. The number of hydrogen-bond acceptors (Lipinski definition) is 3. The Morgan fingerprint density at radius 1 is 1.28 bits per heavy atom. The molecule has 1 aromatic carbocycles. The molecule has 1 unspecified atom stereocenters. The molecule has 2 rings (SSSR count). The zero-order valence-corrected chi connectivity index (χ0v) is 13.9. The Balaban J connectivity index is 1.87. The third-order valence-electron chi connectivity index (χ3n) is 4.03. The number of likely N-dealkylation sites (tertiary alicyclic amines) is 1. The molecular formula is C17H21F3N2O3. The standard InChI is InChI=1S/C17H21F3N2O3/c1-2-12-5-7-13(8-6-12)25-10-15(23)22-9-3-4-14(22)16(24)21-11-17(18,19)20/h5-8,14H,2-4,9-11H2,1H3,(H,21,24). The van der Waals surface area contributed by atoms with E-state index in [1.807, 2.05) is 24.4 Å². The molecule has 0 radical (unpaired) electrons. The monoisotopic (exact) mass is 358 g/mol. The average molecular weight is 358 g/mol. The van der Waals surface area contributed by atoms with E-state index in [-0.39, 0.29) is 6.61 Å². The van der Waals surface area contributed by atoms with Gasteiger partial charge in [0.05, 0.1) is 0 Å². The highest BCUT2D eigenvalue weighted by atomic mass is 19.4. The molecule has 0 aromatic heterocycles. The van der Waals surface area contributed by atoms with Crippen molar-refractivity contribution in [2.45, 2.75) is 38.4 Å². The highest BCUT2D eigenvalue weighted by molar-refractivity contribution is 5.88. The first-order chi connectivity index (χ1) is 11.8. The van der Waals surface area contributed by atoms with Crippen LogP contribution in [0.5, 0.6) is 5.75 Å². The smallest absolute Gasteiger partial charge is 0.405 e. The van der Waals surface area contributed by atoms with Crippen LogP contribution in [-0.2, 0) is 16.0 Å². The van der Waals surface area contributed by atoms with Gasteiger partial charge in [0.25, 0.3) is 5.91 Å². The van der Waals surface area contributed by atoms with Crippen molar-refractivity contribution in [2.75, 3.05) is 19.7 Å². The van der Waals surface area contributed by atoms with Crippen LogP contribution in [0.1, 0.15) is 25.3 Å². The summed E-state index contributed by atoms with van der Waals surface area (Å²) in [6.07, 6.45) is -2.67. The second-order valence-corrected chi connectivity index (χ2v) is 5.86. The van der Waals surface area contributed by atoms with Gasteiger partial charge in [-0.2, -0.15) is 13.2 Å². The molecule has 5 nitrogen and oxygen atoms in total. The maximum absolute atomic E-state index is 12.3. The lowest BCUT2D eigenvalue weighted by molar-refractivity contribution is -0.145. The van der Waals surface area contributed by atoms with Crippen molar-refractivity contribution in [1.82, 2.24) is 10.2 Å². The van der Waals surface area contributed by atoms with Gasteiger partial charge in [-0.1, -0.05) is 19.1 Å². The molecule has 8 heteroatoms. The lowest BCUT2D eigenvalue weighted by Gasteiger charge is -2.24. The molecule has 2 amide bonds. The van der Waals surface area contributed by atoms with E-state index in [4.69, 9.17) is 4.74 Å². The van der Waals surface area contributed by atoms with Crippen LogP contribution >= 0.6 is 0 Å². The molecule has 1 aliphatic rings. The molecular weight excluding hydrogens is 337 g/mol. The van der Waals surface area contributed by atoms with E-state index in [1.165, 1.54) is 4.90 Å². The van der Waals surface area contributed by atoms with Crippen molar-refractivity contribution >= 4 is 11.8 Å². The topological polar surface area (TPSA) is 58.6 Å². The molecule has 1 fully saturated rings. The van der Waals surface area contributed by atoms with Crippen molar-refractivity contribution < 1.29 is 27.5 Å². The van der Waals surface area contributed by atoms with Gasteiger partial charge in [-0.25, -0.2) is 0 Å². The molecule has 1 aromatic rings. The van der Waals surface area contributed by atoms with Gasteiger partial charge in [-0.15, -0.1) is 0 Å². The van der Waals surface area contributed by atoms with Gasteiger partial charge < -0.3 is 15.0 Å². The van der Waals surface area contributed by atoms with Crippen molar-refractivity contribution in [3.8, 4) is 5.75 Å². The summed E-state index contributed by atoms with van der Waals surface area (Å²) in [6.45, 7) is 0.705. The molecule has 1 aliphatic heterocycles. The number of benzene rings is 1. The lowest BCUT2D eigenvalue weighted by atomic mass is 10.2. The predicted octanol–water partition coefficient (Wildman–Crippen LogP) is 2.30. The summed E-state index contributed by atoms with van der Waals surface area (Å²) < 4.78 is 42.0. The zero-order valence-electron chi connectivity index (χ0n) is 13.9. The summed E-state index contributed by atoms with van der Waals surface area (Å²) in [6, 6.07) is 6.42. The fourth-order valence-corrected chi connectivity index (χ4v) is 2.69. The number of nitrogens with zero attached hydrogens (tertiary/aromatic N) is 1. The molecule has 138 valence electrons. The molecule has 25 heavy (non-hydrogen) atoms. The summed E-state index contributed by atoms with van der Waals surface area (Å²) in [7, 11) is 0. The Hall–Kier alpha value is -2.25. The van der Waals surface area contributed by atoms with E-state index >= 15 is 0 Å². The normalized spacial score (nSPS) is 17.4. The molecule has 0 saturated carbocycles. The second kappa shape index (κ2) is 8.22.